The molecule has 1 aliphatic heterocycles. The fraction of sp³-hybridized carbons (Fsp3) is 0.647. The third-order valence-electron chi connectivity index (χ3n) is 4.68. The first-order chi connectivity index (χ1) is 10.7. The van der Waals surface area contributed by atoms with Gasteiger partial charge in [0.2, 0.25) is 5.91 Å². The number of amides is 1. The Morgan fingerprint density at radius 3 is 2.91 bits per heavy atom. The molecule has 120 valence electrons. The van der Waals surface area contributed by atoms with E-state index in [9.17, 15) is 4.79 Å². The molecule has 0 bridgehead atoms. The van der Waals surface area contributed by atoms with Crippen LogP contribution in [-0.2, 0) is 18.4 Å². The second-order valence-corrected chi connectivity index (χ2v) is 6.46. The van der Waals surface area contributed by atoms with Gasteiger partial charge in [0, 0.05) is 57.4 Å². The molecule has 5 heteroatoms. The Morgan fingerprint density at radius 2 is 2.18 bits per heavy atom. The molecule has 5 nitrogen and oxygen atoms in total. The van der Waals surface area contributed by atoms with Gasteiger partial charge in [-0.3, -0.25) is 14.4 Å². The second-order valence-electron chi connectivity index (χ2n) is 6.46. The van der Waals surface area contributed by atoms with Gasteiger partial charge < -0.3 is 4.90 Å². The highest BCUT2D eigenvalue weighted by atomic mass is 16.2. The first-order valence-electron chi connectivity index (χ1n) is 8.36. The van der Waals surface area contributed by atoms with Gasteiger partial charge in [0.1, 0.15) is 0 Å². The van der Waals surface area contributed by atoms with Crippen LogP contribution in [-0.4, -0.2) is 51.7 Å². The molecule has 3 rings (SSSR count). The van der Waals surface area contributed by atoms with Crippen LogP contribution < -0.4 is 0 Å². The van der Waals surface area contributed by atoms with Crippen molar-refractivity contribution >= 4 is 5.91 Å². The molecule has 0 aromatic carbocycles. The molecule has 1 unspecified atom stereocenters. The van der Waals surface area contributed by atoms with Crippen LogP contribution in [0.5, 0.6) is 0 Å². The third kappa shape index (κ3) is 3.77. The highest BCUT2D eigenvalue weighted by molar-refractivity contribution is 5.79. The van der Waals surface area contributed by atoms with Gasteiger partial charge in [0.05, 0.1) is 6.20 Å². The molecule has 2 aliphatic rings. The maximum atomic E-state index is 12.6. The van der Waals surface area contributed by atoms with E-state index in [1.807, 2.05) is 17.9 Å². The number of rotatable bonds is 3. The first-order valence-corrected chi connectivity index (χ1v) is 8.36. The minimum Gasteiger partial charge on any atom is -0.341 e. The first kappa shape index (κ1) is 15.3. The molecule has 1 atom stereocenters. The monoisotopic (exact) mass is 302 g/mol. The largest absolute Gasteiger partial charge is 0.341 e. The summed E-state index contributed by atoms with van der Waals surface area (Å²) >= 11 is 0. The zero-order valence-electron chi connectivity index (χ0n) is 13.4. The fourth-order valence-corrected chi connectivity index (χ4v) is 3.44. The smallest absolute Gasteiger partial charge is 0.226 e. The van der Waals surface area contributed by atoms with E-state index in [1.165, 1.54) is 5.56 Å². The van der Waals surface area contributed by atoms with Crippen LogP contribution in [0.15, 0.2) is 24.5 Å². The van der Waals surface area contributed by atoms with Gasteiger partial charge in [-0.1, -0.05) is 12.2 Å². The number of carbonyl (C=O) groups is 1. The van der Waals surface area contributed by atoms with Crippen molar-refractivity contribution in [1.29, 1.82) is 0 Å². The van der Waals surface area contributed by atoms with Crippen LogP contribution >= 0.6 is 0 Å². The molecule has 1 aromatic heterocycles. The Bertz CT molecular complexity index is 537. The van der Waals surface area contributed by atoms with Crippen LogP contribution in [0.25, 0.3) is 0 Å². The number of nitrogens with zero attached hydrogens (tertiary/aromatic N) is 4. The van der Waals surface area contributed by atoms with E-state index in [1.54, 1.807) is 0 Å². The number of allylic oxidation sites excluding steroid dienone is 2. The summed E-state index contributed by atoms with van der Waals surface area (Å²) in [6.45, 7) is 4.72. The predicted octanol–water partition coefficient (Wildman–Crippen LogP) is 1.81. The van der Waals surface area contributed by atoms with E-state index in [0.717, 1.165) is 58.4 Å². The average Bonchev–Trinajstić information content (AvgIpc) is 2.81. The Labute approximate surface area is 132 Å². The lowest BCUT2D eigenvalue weighted by Gasteiger charge is -2.27. The zero-order valence-corrected chi connectivity index (χ0v) is 13.4. The predicted molar refractivity (Wildman–Crippen MR) is 86.2 cm³/mol. The van der Waals surface area contributed by atoms with E-state index < -0.39 is 0 Å². The molecule has 1 saturated heterocycles. The summed E-state index contributed by atoms with van der Waals surface area (Å²) in [5.41, 5.74) is 1.25. The summed E-state index contributed by atoms with van der Waals surface area (Å²) in [6, 6.07) is 0. The van der Waals surface area contributed by atoms with Gasteiger partial charge in [-0.2, -0.15) is 5.10 Å². The van der Waals surface area contributed by atoms with Crippen molar-refractivity contribution in [2.45, 2.75) is 32.2 Å². The zero-order chi connectivity index (χ0) is 15.4. The summed E-state index contributed by atoms with van der Waals surface area (Å²) in [6.07, 6.45) is 12.4. The van der Waals surface area contributed by atoms with E-state index in [-0.39, 0.29) is 5.92 Å². The van der Waals surface area contributed by atoms with Crippen molar-refractivity contribution in [1.82, 2.24) is 19.6 Å². The van der Waals surface area contributed by atoms with E-state index in [0.29, 0.717) is 5.91 Å². The van der Waals surface area contributed by atoms with Crippen LogP contribution in [0.2, 0.25) is 0 Å². The average molecular weight is 302 g/mol. The highest BCUT2D eigenvalue weighted by Gasteiger charge is 2.26. The molecule has 0 N–H and O–H groups in total. The molecule has 0 radical (unpaired) electrons. The number of aromatic nitrogens is 2. The Balaban J connectivity index is 1.53. The number of aryl methyl sites for hydroxylation is 1. The maximum Gasteiger partial charge on any atom is 0.226 e. The fourth-order valence-electron chi connectivity index (χ4n) is 3.44. The van der Waals surface area contributed by atoms with Crippen LogP contribution in [0.3, 0.4) is 0 Å². The quantitative estimate of drug-likeness (QED) is 0.800. The van der Waals surface area contributed by atoms with E-state index in [2.05, 4.69) is 33.2 Å². The number of hydrogen-bond donors (Lipinski definition) is 0. The lowest BCUT2D eigenvalue weighted by molar-refractivity contribution is -0.135. The molecule has 22 heavy (non-hydrogen) atoms. The number of carbonyl (C=O) groups excluding carboxylic acids is 1. The van der Waals surface area contributed by atoms with Crippen LogP contribution in [0.1, 0.15) is 31.2 Å². The molecule has 1 aromatic rings. The van der Waals surface area contributed by atoms with Crippen LogP contribution in [0, 0.1) is 5.92 Å². The molecule has 1 aliphatic carbocycles. The van der Waals surface area contributed by atoms with Gasteiger partial charge in [-0.25, -0.2) is 0 Å². The van der Waals surface area contributed by atoms with Gasteiger partial charge in [0.25, 0.3) is 0 Å². The topological polar surface area (TPSA) is 41.4 Å². The molecule has 0 spiro atoms. The van der Waals surface area contributed by atoms with E-state index in [4.69, 9.17) is 0 Å². The summed E-state index contributed by atoms with van der Waals surface area (Å²) in [4.78, 5) is 17.2. The minimum absolute atomic E-state index is 0.217. The van der Waals surface area contributed by atoms with Crippen LogP contribution in [0.4, 0.5) is 0 Å². The normalized spacial score (nSPS) is 23.5. The molecular formula is C17H26N4O. The SMILES string of the molecule is Cn1cc(CN2CCCN(C(=O)C3CC=CCC3)CC2)cn1. The van der Waals surface area contributed by atoms with Gasteiger partial charge >= 0.3 is 0 Å². The van der Waals surface area contributed by atoms with Gasteiger partial charge in [0.15, 0.2) is 0 Å². The molecular weight excluding hydrogens is 276 g/mol. The van der Waals surface area contributed by atoms with Crippen molar-refractivity contribution in [3.8, 4) is 0 Å². The Morgan fingerprint density at radius 1 is 1.27 bits per heavy atom. The second kappa shape index (κ2) is 7.09. The minimum atomic E-state index is 0.217. The van der Waals surface area contributed by atoms with Crippen molar-refractivity contribution in [2.75, 3.05) is 26.2 Å². The van der Waals surface area contributed by atoms with E-state index >= 15 is 0 Å². The van der Waals surface area contributed by atoms with Crippen molar-refractivity contribution in [2.24, 2.45) is 13.0 Å². The molecule has 1 fully saturated rings. The summed E-state index contributed by atoms with van der Waals surface area (Å²) in [5, 5.41) is 4.23. The lowest BCUT2D eigenvalue weighted by atomic mass is 9.93. The van der Waals surface area contributed by atoms with Crippen molar-refractivity contribution < 1.29 is 4.79 Å². The number of hydrogen-bond acceptors (Lipinski definition) is 3. The third-order valence-corrected chi connectivity index (χ3v) is 4.68. The van der Waals surface area contributed by atoms with Crippen molar-refractivity contribution in [3.05, 3.63) is 30.1 Å². The molecule has 0 saturated carbocycles. The van der Waals surface area contributed by atoms with Gasteiger partial charge in [-0.05, 0) is 25.7 Å². The van der Waals surface area contributed by atoms with Gasteiger partial charge in [-0.15, -0.1) is 0 Å². The summed E-state index contributed by atoms with van der Waals surface area (Å²) < 4.78 is 1.85. The summed E-state index contributed by atoms with van der Waals surface area (Å²) in [5.74, 6) is 0.586. The lowest BCUT2D eigenvalue weighted by Crippen LogP contribution is -2.39. The highest BCUT2D eigenvalue weighted by Crippen LogP contribution is 2.21. The standard InChI is InChI=1S/C17H26N4O/c1-19-13-15(12-18-19)14-20-8-5-9-21(11-10-20)17(22)16-6-3-2-4-7-16/h2-3,12-13,16H,4-11,14H2,1H3. The Hall–Kier alpha value is -1.62. The molecule has 1 amide bonds. The maximum absolute atomic E-state index is 12.6. The summed E-state index contributed by atoms with van der Waals surface area (Å²) in [7, 11) is 1.95. The Kier molecular flexibility index (Phi) is 4.93. The van der Waals surface area contributed by atoms with Crippen molar-refractivity contribution in [3.63, 3.8) is 0 Å². The molecule has 2 heterocycles.